The smallest absolute Gasteiger partial charge is 0.360 e. The van der Waals surface area contributed by atoms with Gasteiger partial charge in [0.25, 0.3) is 11.6 Å². The zero-order chi connectivity index (χ0) is 13.8. The predicted octanol–water partition coefficient (Wildman–Crippen LogP) is 1.88. The minimum absolute atomic E-state index is 0.0926. The van der Waals surface area contributed by atoms with E-state index in [0.29, 0.717) is 0 Å². The molecule has 0 saturated carbocycles. The molecule has 1 aromatic carbocycles. The van der Waals surface area contributed by atoms with Gasteiger partial charge in [-0.05, 0) is 12.1 Å². The molecule has 19 heavy (non-hydrogen) atoms. The molecule has 0 unspecified atom stereocenters. The summed E-state index contributed by atoms with van der Waals surface area (Å²) in [5.74, 6) is -1.22. The third kappa shape index (κ3) is 2.80. The number of carbonyl (C=O) groups is 1. The number of benzene rings is 1. The van der Waals surface area contributed by atoms with Crippen LogP contribution in [0.1, 0.15) is 10.5 Å². The molecule has 0 aliphatic rings. The lowest BCUT2D eigenvalue weighted by Crippen LogP contribution is -2.04. The number of rotatable bonds is 4. The van der Waals surface area contributed by atoms with E-state index in [4.69, 9.17) is 9.84 Å². The highest BCUT2D eigenvalue weighted by Crippen LogP contribution is 2.23. The number of hydrogen-bond acceptors (Lipinski definition) is 6. The molecule has 0 atom stereocenters. The fourth-order valence-corrected chi connectivity index (χ4v) is 1.29. The zero-order valence-corrected chi connectivity index (χ0v) is 9.39. The molecule has 0 aliphatic carbocycles. The highest BCUT2D eigenvalue weighted by atomic mass is 16.6. The Kier molecular flexibility index (Phi) is 3.33. The van der Waals surface area contributed by atoms with Crippen LogP contribution < -0.4 is 4.74 Å². The lowest BCUT2D eigenvalue weighted by Gasteiger charge is -2.05. The van der Waals surface area contributed by atoms with Crippen molar-refractivity contribution in [1.29, 1.82) is 0 Å². The zero-order valence-electron chi connectivity index (χ0n) is 9.39. The fraction of sp³-hybridized carbons (Fsp3) is 0. The lowest BCUT2D eigenvalue weighted by molar-refractivity contribution is -0.384. The van der Waals surface area contributed by atoms with Gasteiger partial charge in [0.2, 0.25) is 5.69 Å². The van der Waals surface area contributed by atoms with Crippen molar-refractivity contribution in [2.24, 2.45) is 0 Å². The number of carboxylic acids is 1. The number of ether oxygens (including phenoxy) is 1. The van der Waals surface area contributed by atoms with Crippen molar-refractivity contribution in [3.05, 3.63) is 52.5 Å². The van der Waals surface area contributed by atoms with E-state index in [1.807, 2.05) is 0 Å². The van der Waals surface area contributed by atoms with Crippen LogP contribution in [-0.2, 0) is 0 Å². The van der Waals surface area contributed by atoms with Crippen LogP contribution in [0.2, 0.25) is 0 Å². The summed E-state index contributed by atoms with van der Waals surface area (Å²) in [6.07, 6.45) is 2.51. The van der Waals surface area contributed by atoms with E-state index in [1.54, 1.807) is 0 Å². The maximum absolute atomic E-state index is 10.9. The van der Waals surface area contributed by atoms with E-state index in [2.05, 4.69) is 9.97 Å². The molecule has 8 nitrogen and oxygen atoms in total. The summed E-state index contributed by atoms with van der Waals surface area (Å²) in [5.41, 5.74) is -0.425. The monoisotopic (exact) mass is 261 g/mol. The van der Waals surface area contributed by atoms with Crippen LogP contribution in [0.5, 0.6) is 11.6 Å². The number of aromatic nitrogens is 2. The molecule has 2 rings (SSSR count). The second-order valence-electron chi connectivity index (χ2n) is 3.37. The van der Waals surface area contributed by atoms with Crippen LogP contribution in [0.25, 0.3) is 0 Å². The lowest BCUT2D eigenvalue weighted by atomic mass is 10.3. The van der Waals surface area contributed by atoms with E-state index in [9.17, 15) is 14.9 Å². The highest BCUT2D eigenvalue weighted by Gasteiger charge is 2.15. The molecule has 0 spiro atoms. The molecule has 0 radical (unpaired) electrons. The molecule has 8 heteroatoms. The molecular weight excluding hydrogens is 254 g/mol. The van der Waals surface area contributed by atoms with E-state index >= 15 is 0 Å². The van der Waals surface area contributed by atoms with Gasteiger partial charge in [-0.25, -0.2) is 14.8 Å². The van der Waals surface area contributed by atoms with Crippen molar-refractivity contribution >= 4 is 11.7 Å². The second kappa shape index (κ2) is 5.08. The summed E-state index contributed by atoms with van der Waals surface area (Å²) in [7, 11) is 0. The Morgan fingerprint density at radius 2 is 1.84 bits per heavy atom. The predicted molar refractivity (Wildman–Crippen MR) is 62.2 cm³/mol. The summed E-state index contributed by atoms with van der Waals surface area (Å²) < 4.78 is 5.23. The first-order chi connectivity index (χ1) is 9.08. The number of nitrogens with zero attached hydrogens (tertiary/aromatic N) is 3. The highest BCUT2D eigenvalue weighted by molar-refractivity contribution is 5.87. The molecule has 1 heterocycles. The van der Waals surface area contributed by atoms with E-state index < -0.39 is 10.9 Å². The van der Waals surface area contributed by atoms with Crippen molar-refractivity contribution < 1.29 is 19.6 Å². The van der Waals surface area contributed by atoms with Gasteiger partial charge in [-0.3, -0.25) is 10.1 Å². The summed E-state index contributed by atoms with van der Waals surface area (Å²) >= 11 is 0. The Labute approximate surface area is 106 Å². The minimum Gasteiger partial charge on any atom is -0.476 e. The number of carboxylic acid groups (broad SMARTS) is 1. The van der Waals surface area contributed by atoms with Crippen LogP contribution in [0.4, 0.5) is 5.69 Å². The Balaban J connectivity index is 2.26. The molecule has 96 valence electrons. The van der Waals surface area contributed by atoms with Gasteiger partial charge in [-0.2, -0.15) is 0 Å². The van der Waals surface area contributed by atoms with Gasteiger partial charge in [0.05, 0.1) is 4.92 Å². The molecule has 0 bridgehead atoms. The van der Waals surface area contributed by atoms with Gasteiger partial charge in [0, 0.05) is 24.5 Å². The summed E-state index contributed by atoms with van der Waals surface area (Å²) in [6, 6.07) is 5.18. The van der Waals surface area contributed by atoms with Crippen molar-refractivity contribution in [1.82, 2.24) is 9.97 Å². The van der Waals surface area contributed by atoms with E-state index in [1.165, 1.54) is 36.7 Å². The summed E-state index contributed by atoms with van der Waals surface area (Å²) in [4.78, 5) is 28.2. The van der Waals surface area contributed by atoms with Gasteiger partial charge in [0.15, 0.2) is 0 Å². The van der Waals surface area contributed by atoms with Crippen molar-refractivity contribution in [2.75, 3.05) is 0 Å². The summed E-state index contributed by atoms with van der Waals surface area (Å²) in [5, 5.41) is 19.4. The molecule has 0 amide bonds. The van der Waals surface area contributed by atoms with Crippen LogP contribution in [0.15, 0.2) is 36.7 Å². The van der Waals surface area contributed by atoms with E-state index in [-0.39, 0.29) is 23.0 Å². The quantitative estimate of drug-likeness (QED) is 0.659. The third-order valence-electron chi connectivity index (χ3n) is 2.13. The first kappa shape index (κ1) is 12.4. The first-order valence-corrected chi connectivity index (χ1v) is 5.04. The Bertz CT molecular complexity index is 626. The number of nitro groups is 1. The molecule has 1 aromatic heterocycles. The molecular formula is C11H7N3O5. The molecule has 1 N–H and O–H groups in total. The summed E-state index contributed by atoms with van der Waals surface area (Å²) in [6.45, 7) is 0. The van der Waals surface area contributed by atoms with Gasteiger partial charge in [0.1, 0.15) is 5.75 Å². The van der Waals surface area contributed by atoms with Gasteiger partial charge < -0.3 is 9.84 Å². The van der Waals surface area contributed by atoms with E-state index in [0.717, 1.165) is 0 Å². The fourth-order valence-electron chi connectivity index (χ4n) is 1.29. The second-order valence-corrected chi connectivity index (χ2v) is 3.37. The SMILES string of the molecule is O=C(O)c1nccnc1Oc1ccc([N+](=O)[O-])cc1. The Morgan fingerprint density at radius 3 is 2.42 bits per heavy atom. The number of aromatic carboxylic acids is 1. The topological polar surface area (TPSA) is 115 Å². The van der Waals surface area contributed by atoms with Crippen molar-refractivity contribution in [2.45, 2.75) is 0 Å². The number of nitro benzene ring substituents is 1. The number of hydrogen-bond donors (Lipinski definition) is 1. The first-order valence-electron chi connectivity index (χ1n) is 5.04. The van der Waals surface area contributed by atoms with Crippen LogP contribution in [0.3, 0.4) is 0 Å². The largest absolute Gasteiger partial charge is 0.476 e. The maximum Gasteiger partial charge on any atom is 0.360 e. The molecule has 0 aliphatic heterocycles. The molecule has 0 fully saturated rings. The van der Waals surface area contributed by atoms with Crippen LogP contribution in [-0.4, -0.2) is 26.0 Å². The standard InChI is InChI=1S/C11H7N3O5/c15-11(16)9-10(13-6-5-12-9)19-8-3-1-7(2-4-8)14(17)18/h1-6H,(H,15,16). The Morgan fingerprint density at radius 1 is 1.21 bits per heavy atom. The van der Waals surface area contributed by atoms with Gasteiger partial charge in [-0.1, -0.05) is 0 Å². The maximum atomic E-state index is 10.9. The van der Waals surface area contributed by atoms with Crippen molar-refractivity contribution in [3.8, 4) is 11.6 Å². The van der Waals surface area contributed by atoms with Crippen molar-refractivity contribution in [3.63, 3.8) is 0 Å². The third-order valence-corrected chi connectivity index (χ3v) is 2.13. The van der Waals surface area contributed by atoms with Gasteiger partial charge >= 0.3 is 5.97 Å². The normalized spacial score (nSPS) is 9.89. The van der Waals surface area contributed by atoms with Crippen LogP contribution in [0, 0.1) is 10.1 Å². The van der Waals surface area contributed by atoms with Crippen LogP contribution >= 0.6 is 0 Å². The number of non-ortho nitro benzene ring substituents is 1. The van der Waals surface area contributed by atoms with Gasteiger partial charge in [-0.15, -0.1) is 0 Å². The minimum atomic E-state index is -1.27. The molecule has 0 saturated heterocycles. The average molecular weight is 261 g/mol. The molecule has 2 aromatic rings. The average Bonchev–Trinajstić information content (AvgIpc) is 2.39. The Hall–Kier alpha value is -3.03.